The van der Waals surface area contributed by atoms with Gasteiger partial charge in [-0.3, -0.25) is 14.0 Å². The van der Waals surface area contributed by atoms with Crippen molar-refractivity contribution in [1.29, 1.82) is 0 Å². The molecule has 0 saturated carbocycles. The monoisotopic (exact) mass is 460 g/mol. The molecule has 7 nitrogen and oxygen atoms in total. The number of aryl methyl sites for hydroxylation is 2. The fourth-order valence-electron chi connectivity index (χ4n) is 3.52. The summed E-state index contributed by atoms with van der Waals surface area (Å²) in [6.07, 6.45) is 0. The van der Waals surface area contributed by atoms with Gasteiger partial charge in [-0.25, -0.2) is 0 Å². The summed E-state index contributed by atoms with van der Waals surface area (Å²) in [6.45, 7) is 8.48. The Morgan fingerprint density at radius 1 is 1.03 bits per heavy atom. The van der Waals surface area contributed by atoms with E-state index in [0.29, 0.717) is 11.0 Å². The second-order valence-corrected chi connectivity index (χ2v) is 9.88. The Bertz CT molecular complexity index is 1250. The van der Waals surface area contributed by atoms with Gasteiger partial charge in [-0.1, -0.05) is 75.0 Å². The van der Waals surface area contributed by atoms with Crippen LogP contribution in [-0.4, -0.2) is 36.2 Å². The number of nitrogens with one attached hydrogen (secondary N) is 1. The van der Waals surface area contributed by atoms with Gasteiger partial charge in [0.1, 0.15) is 5.82 Å². The first-order valence-electron chi connectivity index (χ1n) is 10.8. The van der Waals surface area contributed by atoms with Gasteiger partial charge in [-0.05, 0) is 30.0 Å². The lowest BCUT2D eigenvalue weighted by Crippen LogP contribution is -2.16. The number of hydrogen-bond donors (Lipinski definition) is 1. The molecule has 0 spiro atoms. The fraction of sp³-hybridized carbons (Fsp3) is 0.280. The number of rotatable bonds is 6. The first-order valence-corrected chi connectivity index (χ1v) is 11.8. The molecule has 2 heterocycles. The lowest BCUT2D eigenvalue weighted by molar-refractivity contribution is -0.113. The number of nitrogens with zero attached hydrogens (tertiary/aromatic N) is 5. The van der Waals surface area contributed by atoms with Crippen LogP contribution in [0.5, 0.6) is 0 Å². The van der Waals surface area contributed by atoms with Gasteiger partial charge in [0.25, 0.3) is 0 Å². The summed E-state index contributed by atoms with van der Waals surface area (Å²) >= 11 is 1.35. The molecule has 0 aliphatic rings. The second kappa shape index (κ2) is 9.23. The van der Waals surface area contributed by atoms with Gasteiger partial charge >= 0.3 is 0 Å². The number of thioether (sulfide) groups is 1. The molecule has 0 fully saturated rings. The van der Waals surface area contributed by atoms with E-state index in [4.69, 9.17) is 0 Å². The third-order valence-corrected chi connectivity index (χ3v) is 6.19. The maximum absolute atomic E-state index is 12.6. The molecule has 0 radical (unpaired) electrons. The average molecular weight is 461 g/mol. The quantitative estimate of drug-likeness (QED) is 0.410. The number of hydrogen-bond acceptors (Lipinski definition) is 5. The van der Waals surface area contributed by atoms with Gasteiger partial charge in [-0.15, -0.1) is 10.2 Å². The van der Waals surface area contributed by atoms with E-state index in [0.717, 1.165) is 22.8 Å². The molecule has 0 unspecified atom stereocenters. The molecule has 1 amide bonds. The molecular weight excluding hydrogens is 432 g/mol. The summed E-state index contributed by atoms with van der Waals surface area (Å²) in [5.74, 6) is 1.49. The van der Waals surface area contributed by atoms with E-state index in [9.17, 15) is 4.79 Å². The van der Waals surface area contributed by atoms with E-state index in [1.807, 2.05) is 47.9 Å². The van der Waals surface area contributed by atoms with Crippen molar-refractivity contribution >= 4 is 23.5 Å². The van der Waals surface area contributed by atoms with Gasteiger partial charge in [0.2, 0.25) is 5.91 Å². The van der Waals surface area contributed by atoms with Gasteiger partial charge in [-0.2, -0.15) is 5.10 Å². The molecule has 4 aromatic rings. The number of benzene rings is 2. The maximum atomic E-state index is 12.6. The second-order valence-electron chi connectivity index (χ2n) is 8.94. The average Bonchev–Trinajstić information content (AvgIpc) is 3.34. The summed E-state index contributed by atoms with van der Waals surface area (Å²) in [5, 5.41) is 16.7. The summed E-state index contributed by atoms with van der Waals surface area (Å²) in [6, 6.07) is 20.2. The summed E-state index contributed by atoms with van der Waals surface area (Å²) < 4.78 is 3.65. The van der Waals surface area contributed by atoms with Crippen LogP contribution >= 0.6 is 11.8 Å². The van der Waals surface area contributed by atoms with Gasteiger partial charge in [0, 0.05) is 24.4 Å². The van der Waals surface area contributed by atoms with Gasteiger partial charge in [0.15, 0.2) is 11.0 Å². The highest BCUT2D eigenvalue weighted by atomic mass is 32.2. The van der Waals surface area contributed by atoms with Crippen LogP contribution in [0.15, 0.2) is 65.8 Å². The van der Waals surface area contributed by atoms with Crippen LogP contribution in [0.3, 0.4) is 0 Å². The largest absolute Gasteiger partial charge is 0.310 e. The number of anilines is 1. The Morgan fingerprint density at radius 2 is 1.73 bits per heavy atom. The third-order valence-electron chi connectivity index (χ3n) is 5.26. The minimum Gasteiger partial charge on any atom is -0.310 e. The van der Waals surface area contributed by atoms with Crippen LogP contribution in [-0.2, 0) is 17.3 Å². The fourth-order valence-corrected chi connectivity index (χ4v) is 4.27. The van der Waals surface area contributed by atoms with Gasteiger partial charge < -0.3 is 5.32 Å². The highest BCUT2D eigenvalue weighted by Crippen LogP contribution is 2.30. The van der Waals surface area contributed by atoms with E-state index in [-0.39, 0.29) is 17.1 Å². The molecule has 0 aliphatic heterocycles. The van der Waals surface area contributed by atoms with Crippen molar-refractivity contribution in [2.45, 2.75) is 38.3 Å². The Kier molecular flexibility index (Phi) is 6.37. The summed E-state index contributed by atoms with van der Waals surface area (Å²) in [5.41, 5.74) is 4.11. The molecule has 0 bridgehead atoms. The number of para-hydroxylation sites is 1. The zero-order valence-electron chi connectivity index (χ0n) is 19.5. The van der Waals surface area contributed by atoms with Crippen LogP contribution < -0.4 is 5.32 Å². The minimum absolute atomic E-state index is 0.0758. The number of aromatic nitrogens is 5. The van der Waals surface area contributed by atoms with Crippen LogP contribution in [0.4, 0.5) is 5.82 Å². The Balaban J connectivity index is 1.60. The van der Waals surface area contributed by atoms with E-state index >= 15 is 0 Å². The van der Waals surface area contributed by atoms with Crippen molar-refractivity contribution in [1.82, 2.24) is 24.5 Å². The van der Waals surface area contributed by atoms with Crippen molar-refractivity contribution in [2.24, 2.45) is 7.05 Å². The predicted octanol–water partition coefficient (Wildman–Crippen LogP) is 5.00. The zero-order chi connectivity index (χ0) is 23.6. The SMILES string of the molecule is Cc1cc(NC(=O)CSc2nnc(-c3ccc(C(C)(C)C)cc3)n2-c2ccccc2)n(C)n1. The van der Waals surface area contributed by atoms with Crippen molar-refractivity contribution in [3.63, 3.8) is 0 Å². The first-order chi connectivity index (χ1) is 15.7. The lowest BCUT2D eigenvalue weighted by atomic mass is 9.87. The molecule has 1 N–H and O–H groups in total. The van der Waals surface area contributed by atoms with Crippen molar-refractivity contribution in [2.75, 3.05) is 11.1 Å². The Morgan fingerprint density at radius 3 is 2.33 bits per heavy atom. The first kappa shape index (κ1) is 22.8. The molecule has 0 atom stereocenters. The zero-order valence-corrected chi connectivity index (χ0v) is 20.3. The predicted molar refractivity (Wildman–Crippen MR) is 133 cm³/mol. The molecule has 2 aromatic carbocycles. The minimum atomic E-state index is -0.123. The Labute approximate surface area is 198 Å². The summed E-state index contributed by atoms with van der Waals surface area (Å²) in [4.78, 5) is 12.6. The molecule has 0 aliphatic carbocycles. The van der Waals surface area contributed by atoms with Crippen LogP contribution in [0.2, 0.25) is 0 Å². The van der Waals surface area contributed by atoms with Crippen molar-refractivity contribution < 1.29 is 4.79 Å². The van der Waals surface area contributed by atoms with Crippen LogP contribution in [0.1, 0.15) is 32.0 Å². The maximum Gasteiger partial charge on any atom is 0.235 e. The topological polar surface area (TPSA) is 77.6 Å². The molecule has 8 heteroatoms. The normalized spacial score (nSPS) is 11.5. The van der Waals surface area contributed by atoms with E-state index < -0.39 is 0 Å². The molecule has 2 aromatic heterocycles. The highest BCUT2D eigenvalue weighted by molar-refractivity contribution is 7.99. The van der Waals surface area contributed by atoms with Gasteiger partial charge in [0.05, 0.1) is 11.4 Å². The van der Waals surface area contributed by atoms with E-state index in [2.05, 4.69) is 65.6 Å². The van der Waals surface area contributed by atoms with E-state index in [1.54, 1.807) is 11.7 Å². The molecule has 0 saturated heterocycles. The van der Waals surface area contributed by atoms with E-state index in [1.165, 1.54) is 17.3 Å². The van der Waals surface area contributed by atoms with Crippen molar-refractivity contribution in [3.05, 3.63) is 71.9 Å². The number of carbonyl (C=O) groups excluding carboxylic acids is 1. The molecule has 4 rings (SSSR count). The third kappa shape index (κ3) is 5.17. The molecular formula is C25H28N6OS. The van der Waals surface area contributed by atoms with Crippen molar-refractivity contribution in [3.8, 4) is 17.1 Å². The summed E-state index contributed by atoms with van der Waals surface area (Å²) in [7, 11) is 1.80. The highest BCUT2D eigenvalue weighted by Gasteiger charge is 2.19. The number of carbonyl (C=O) groups is 1. The lowest BCUT2D eigenvalue weighted by Gasteiger charge is -2.19. The number of amides is 1. The molecule has 33 heavy (non-hydrogen) atoms. The van der Waals surface area contributed by atoms with Crippen LogP contribution in [0.25, 0.3) is 17.1 Å². The Hall–Kier alpha value is -3.39. The van der Waals surface area contributed by atoms with Crippen LogP contribution in [0, 0.1) is 6.92 Å². The smallest absolute Gasteiger partial charge is 0.235 e. The standard InChI is InChI=1S/C25H28N6OS/c1-17-15-21(30(5)29-17)26-22(32)16-33-24-28-27-23(31(24)20-9-7-6-8-10-20)18-11-13-19(14-12-18)25(2,3)4/h6-15H,16H2,1-5H3,(H,26,32). The molecule has 170 valence electrons.